The standard InChI is InChI=1S/C15H10F3NO4/c16-15(17,18)23-11-4-2-10(3-5-11)19-14(20)9-1-6-12-13(7-9)22-8-21-12/h1-7H,8H2,(H,19,20). The van der Waals surface area contributed by atoms with E-state index in [0.717, 1.165) is 12.1 Å². The van der Waals surface area contributed by atoms with Crippen molar-refractivity contribution in [2.24, 2.45) is 0 Å². The smallest absolute Gasteiger partial charge is 0.454 e. The second kappa shape index (κ2) is 5.71. The van der Waals surface area contributed by atoms with E-state index in [1.54, 1.807) is 12.1 Å². The Bertz CT molecular complexity index is 728. The second-order valence-corrected chi connectivity index (χ2v) is 4.59. The predicted octanol–water partition coefficient (Wildman–Crippen LogP) is 3.57. The van der Waals surface area contributed by atoms with Gasteiger partial charge in [0.15, 0.2) is 11.5 Å². The summed E-state index contributed by atoms with van der Waals surface area (Å²) in [6, 6.07) is 9.55. The first-order chi connectivity index (χ1) is 10.9. The van der Waals surface area contributed by atoms with Gasteiger partial charge in [-0.2, -0.15) is 0 Å². The van der Waals surface area contributed by atoms with Crippen LogP contribution in [0.5, 0.6) is 17.2 Å². The van der Waals surface area contributed by atoms with Gasteiger partial charge in [-0.25, -0.2) is 0 Å². The van der Waals surface area contributed by atoms with Gasteiger partial charge in [0.2, 0.25) is 6.79 Å². The highest BCUT2D eigenvalue weighted by molar-refractivity contribution is 6.04. The maximum Gasteiger partial charge on any atom is 0.573 e. The van der Waals surface area contributed by atoms with Crippen LogP contribution in [0.1, 0.15) is 10.4 Å². The molecule has 2 aromatic carbocycles. The number of fused-ring (bicyclic) bond motifs is 1. The fourth-order valence-electron chi connectivity index (χ4n) is 1.98. The quantitative estimate of drug-likeness (QED) is 0.937. The third-order valence-corrected chi connectivity index (χ3v) is 2.98. The fraction of sp³-hybridized carbons (Fsp3) is 0.133. The lowest BCUT2D eigenvalue weighted by Gasteiger charge is -2.10. The lowest BCUT2D eigenvalue weighted by atomic mass is 10.2. The zero-order chi connectivity index (χ0) is 16.4. The molecule has 1 amide bonds. The lowest BCUT2D eigenvalue weighted by Crippen LogP contribution is -2.17. The number of rotatable bonds is 3. The summed E-state index contributed by atoms with van der Waals surface area (Å²) in [7, 11) is 0. The summed E-state index contributed by atoms with van der Waals surface area (Å²) in [5, 5.41) is 2.57. The van der Waals surface area contributed by atoms with Crippen molar-refractivity contribution in [1.29, 1.82) is 0 Å². The Morgan fingerprint density at radius 1 is 1.04 bits per heavy atom. The number of hydrogen-bond donors (Lipinski definition) is 1. The number of halogens is 3. The van der Waals surface area contributed by atoms with E-state index in [1.807, 2.05) is 0 Å². The minimum Gasteiger partial charge on any atom is -0.454 e. The molecule has 120 valence electrons. The molecule has 23 heavy (non-hydrogen) atoms. The van der Waals surface area contributed by atoms with Crippen molar-refractivity contribution >= 4 is 11.6 Å². The Hall–Kier alpha value is -2.90. The number of nitrogens with one attached hydrogen (secondary N) is 1. The first-order valence-corrected chi connectivity index (χ1v) is 6.47. The van der Waals surface area contributed by atoms with Gasteiger partial charge in [-0.1, -0.05) is 0 Å². The number of alkyl halides is 3. The fourth-order valence-corrected chi connectivity index (χ4v) is 1.98. The molecule has 0 saturated heterocycles. The van der Waals surface area contributed by atoms with Crippen molar-refractivity contribution in [2.45, 2.75) is 6.36 Å². The Labute approximate surface area is 128 Å². The van der Waals surface area contributed by atoms with Crippen LogP contribution < -0.4 is 19.5 Å². The highest BCUT2D eigenvalue weighted by atomic mass is 19.4. The van der Waals surface area contributed by atoms with Gasteiger partial charge in [-0.05, 0) is 42.5 Å². The molecule has 5 nitrogen and oxygen atoms in total. The average Bonchev–Trinajstić information content (AvgIpc) is 2.95. The highest BCUT2D eigenvalue weighted by Crippen LogP contribution is 2.32. The maximum atomic E-state index is 12.1. The minimum absolute atomic E-state index is 0.0983. The number of ether oxygens (including phenoxy) is 3. The third kappa shape index (κ3) is 3.65. The van der Waals surface area contributed by atoms with E-state index < -0.39 is 12.3 Å². The highest BCUT2D eigenvalue weighted by Gasteiger charge is 2.31. The Morgan fingerprint density at radius 3 is 2.43 bits per heavy atom. The number of benzene rings is 2. The molecule has 3 rings (SSSR count). The maximum absolute atomic E-state index is 12.1. The molecule has 0 bridgehead atoms. The predicted molar refractivity (Wildman–Crippen MR) is 73.6 cm³/mol. The summed E-state index contributed by atoms with van der Waals surface area (Å²) in [5.74, 6) is 0.230. The van der Waals surface area contributed by atoms with Crippen LogP contribution in [0.3, 0.4) is 0 Å². The summed E-state index contributed by atoms with van der Waals surface area (Å²) < 4.78 is 50.3. The van der Waals surface area contributed by atoms with Crippen LogP contribution in [-0.4, -0.2) is 19.1 Å². The number of carbonyl (C=O) groups is 1. The van der Waals surface area contributed by atoms with Crippen LogP contribution in [0.2, 0.25) is 0 Å². The van der Waals surface area contributed by atoms with Crippen molar-refractivity contribution in [3.63, 3.8) is 0 Å². The molecule has 2 aromatic rings. The zero-order valence-corrected chi connectivity index (χ0v) is 11.5. The molecule has 0 atom stereocenters. The molecule has 0 saturated carbocycles. The molecule has 1 N–H and O–H groups in total. The van der Waals surface area contributed by atoms with Crippen molar-refractivity contribution in [3.8, 4) is 17.2 Å². The summed E-state index contributed by atoms with van der Waals surface area (Å²) in [6.45, 7) is 0.0983. The van der Waals surface area contributed by atoms with Crippen molar-refractivity contribution in [2.75, 3.05) is 12.1 Å². The molecule has 1 heterocycles. The number of anilines is 1. The lowest BCUT2D eigenvalue weighted by molar-refractivity contribution is -0.274. The van der Waals surface area contributed by atoms with E-state index in [9.17, 15) is 18.0 Å². The second-order valence-electron chi connectivity index (χ2n) is 4.59. The van der Waals surface area contributed by atoms with Crippen LogP contribution in [0.25, 0.3) is 0 Å². The molecular formula is C15H10F3NO4. The van der Waals surface area contributed by atoms with Gasteiger partial charge < -0.3 is 19.5 Å². The molecule has 0 unspecified atom stereocenters. The van der Waals surface area contributed by atoms with Crippen molar-refractivity contribution < 1.29 is 32.2 Å². The van der Waals surface area contributed by atoms with Gasteiger partial charge in [0, 0.05) is 11.3 Å². The number of carbonyl (C=O) groups excluding carboxylic acids is 1. The van der Waals surface area contributed by atoms with Gasteiger partial charge in [-0.15, -0.1) is 13.2 Å². The SMILES string of the molecule is O=C(Nc1ccc(OC(F)(F)F)cc1)c1ccc2c(c1)OCO2. The zero-order valence-electron chi connectivity index (χ0n) is 11.5. The van der Waals surface area contributed by atoms with Crippen LogP contribution in [0.4, 0.5) is 18.9 Å². The van der Waals surface area contributed by atoms with Gasteiger partial charge in [0.05, 0.1) is 0 Å². The third-order valence-electron chi connectivity index (χ3n) is 2.98. The van der Waals surface area contributed by atoms with E-state index in [2.05, 4.69) is 10.1 Å². The minimum atomic E-state index is -4.75. The first-order valence-electron chi connectivity index (χ1n) is 6.47. The van der Waals surface area contributed by atoms with Gasteiger partial charge in [-0.3, -0.25) is 4.79 Å². The average molecular weight is 325 g/mol. The summed E-state index contributed by atoms with van der Waals surface area (Å²) in [4.78, 5) is 12.1. The largest absolute Gasteiger partial charge is 0.573 e. The van der Waals surface area contributed by atoms with Crippen molar-refractivity contribution in [3.05, 3.63) is 48.0 Å². The van der Waals surface area contributed by atoms with E-state index in [1.165, 1.54) is 18.2 Å². The van der Waals surface area contributed by atoms with E-state index in [-0.39, 0.29) is 12.5 Å². The Balaban J connectivity index is 1.68. The topological polar surface area (TPSA) is 56.8 Å². The van der Waals surface area contributed by atoms with E-state index >= 15 is 0 Å². The summed E-state index contributed by atoms with van der Waals surface area (Å²) in [5.41, 5.74) is 0.673. The molecular weight excluding hydrogens is 315 g/mol. The van der Waals surface area contributed by atoms with Gasteiger partial charge in [0.1, 0.15) is 5.75 Å². The van der Waals surface area contributed by atoms with Crippen LogP contribution in [0.15, 0.2) is 42.5 Å². The molecule has 1 aliphatic heterocycles. The summed E-state index contributed by atoms with van der Waals surface area (Å²) >= 11 is 0. The van der Waals surface area contributed by atoms with E-state index in [4.69, 9.17) is 9.47 Å². The van der Waals surface area contributed by atoms with E-state index in [0.29, 0.717) is 22.7 Å². The van der Waals surface area contributed by atoms with Crippen LogP contribution in [0, 0.1) is 0 Å². The molecule has 1 aliphatic rings. The van der Waals surface area contributed by atoms with Gasteiger partial charge in [0.25, 0.3) is 5.91 Å². The normalized spacial score (nSPS) is 12.8. The van der Waals surface area contributed by atoms with Crippen LogP contribution >= 0.6 is 0 Å². The monoisotopic (exact) mass is 325 g/mol. The molecule has 0 spiro atoms. The molecule has 0 aromatic heterocycles. The first kappa shape index (κ1) is 15.0. The molecule has 0 radical (unpaired) electrons. The van der Waals surface area contributed by atoms with Gasteiger partial charge >= 0.3 is 6.36 Å². The van der Waals surface area contributed by atoms with Crippen molar-refractivity contribution in [1.82, 2.24) is 0 Å². The molecule has 8 heteroatoms. The number of hydrogen-bond acceptors (Lipinski definition) is 4. The Kier molecular flexibility index (Phi) is 3.73. The van der Waals surface area contributed by atoms with Crippen LogP contribution in [-0.2, 0) is 0 Å². The number of amides is 1. The Morgan fingerprint density at radius 2 is 1.74 bits per heavy atom. The molecule has 0 fully saturated rings. The summed E-state index contributed by atoms with van der Waals surface area (Å²) in [6.07, 6.45) is -4.75. The molecule has 0 aliphatic carbocycles.